The molecule has 0 unspecified atom stereocenters. The fraction of sp³-hybridized carbons (Fsp3) is 0.615. The van der Waals surface area contributed by atoms with E-state index in [2.05, 4.69) is 9.97 Å². The molecule has 0 spiro atoms. The maximum atomic E-state index is 12.1. The molecule has 1 atom stereocenters. The summed E-state index contributed by atoms with van der Waals surface area (Å²) in [4.78, 5) is 21.6. The molecule has 1 N–H and O–H groups in total. The number of carbonyl (C=O) groups excluding carboxylic acids is 1. The Morgan fingerprint density at radius 2 is 2.16 bits per heavy atom. The van der Waals surface area contributed by atoms with Crippen LogP contribution in [0.4, 0.5) is 4.79 Å². The number of ether oxygens (including phenoxy) is 1. The van der Waals surface area contributed by atoms with Crippen molar-refractivity contribution in [3.05, 3.63) is 17.6 Å². The van der Waals surface area contributed by atoms with Crippen molar-refractivity contribution in [3.8, 4) is 5.88 Å². The number of hydrogen-bond acceptors (Lipinski definition) is 5. The van der Waals surface area contributed by atoms with Gasteiger partial charge in [0, 0.05) is 12.5 Å². The predicted octanol–water partition coefficient (Wildman–Crippen LogP) is 1.86. The van der Waals surface area contributed by atoms with Crippen LogP contribution in [-0.2, 0) is 17.7 Å². The Hall–Kier alpha value is -1.85. The average Bonchev–Trinajstić information content (AvgIpc) is 2.26. The van der Waals surface area contributed by atoms with Crippen LogP contribution in [0.5, 0.6) is 5.88 Å². The summed E-state index contributed by atoms with van der Waals surface area (Å²) in [6.45, 7) is 7.69. The van der Waals surface area contributed by atoms with Gasteiger partial charge in [-0.05, 0) is 27.7 Å². The summed E-state index contributed by atoms with van der Waals surface area (Å²) >= 11 is 0. The lowest BCUT2D eigenvalue weighted by Gasteiger charge is -2.35. The molecule has 2 heterocycles. The molecule has 1 aliphatic heterocycles. The second kappa shape index (κ2) is 4.68. The third kappa shape index (κ3) is 2.94. The zero-order chi connectivity index (χ0) is 14.2. The third-order valence-electron chi connectivity index (χ3n) is 2.99. The minimum absolute atomic E-state index is 0.0170. The SMILES string of the molecule is C[C@@H]1Cc2ncnc(O)c2CN1C(=O)OC(C)(C)C. The number of carbonyl (C=O) groups is 1. The van der Waals surface area contributed by atoms with Crippen molar-refractivity contribution < 1.29 is 14.6 Å². The van der Waals surface area contributed by atoms with Crippen molar-refractivity contribution in [2.75, 3.05) is 0 Å². The number of aromatic nitrogens is 2. The van der Waals surface area contributed by atoms with Crippen LogP contribution < -0.4 is 0 Å². The lowest BCUT2D eigenvalue weighted by Crippen LogP contribution is -2.45. The van der Waals surface area contributed by atoms with E-state index in [9.17, 15) is 9.90 Å². The quantitative estimate of drug-likeness (QED) is 0.775. The van der Waals surface area contributed by atoms with Crippen LogP contribution in [0.1, 0.15) is 39.0 Å². The molecule has 104 valence electrons. The first-order valence-electron chi connectivity index (χ1n) is 6.29. The zero-order valence-electron chi connectivity index (χ0n) is 11.7. The van der Waals surface area contributed by atoms with E-state index < -0.39 is 5.60 Å². The molecule has 1 aliphatic rings. The first-order valence-corrected chi connectivity index (χ1v) is 6.29. The molecule has 0 aromatic carbocycles. The summed E-state index contributed by atoms with van der Waals surface area (Å²) < 4.78 is 5.37. The molecule has 0 bridgehead atoms. The van der Waals surface area contributed by atoms with E-state index >= 15 is 0 Å². The molecule has 6 heteroatoms. The van der Waals surface area contributed by atoms with Crippen molar-refractivity contribution in [1.82, 2.24) is 14.9 Å². The van der Waals surface area contributed by atoms with Gasteiger partial charge in [-0.15, -0.1) is 0 Å². The zero-order valence-corrected chi connectivity index (χ0v) is 11.7. The van der Waals surface area contributed by atoms with Gasteiger partial charge in [0.15, 0.2) is 0 Å². The van der Waals surface area contributed by atoms with Crippen LogP contribution in [-0.4, -0.2) is 37.7 Å². The van der Waals surface area contributed by atoms with E-state index in [1.54, 1.807) is 4.90 Å². The lowest BCUT2D eigenvalue weighted by molar-refractivity contribution is 0.0134. The minimum atomic E-state index is -0.535. The Bertz CT molecular complexity index is 496. The van der Waals surface area contributed by atoms with Gasteiger partial charge in [-0.2, -0.15) is 0 Å². The van der Waals surface area contributed by atoms with E-state index in [1.807, 2.05) is 27.7 Å². The highest BCUT2D eigenvalue weighted by Gasteiger charge is 2.32. The van der Waals surface area contributed by atoms with E-state index in [0.717, 1.165) is 5.69 Å². The van der Waals surface area contributed by atoms with Crippen molar-refractivity contribution >= 4 is 6.09 Å². The predicted molar refractivity (Wildman–Crippen MR) is 68.6 cm³/mol. The minimum Gasteiger partial charge on any atom is -0.493 e. The van der Waals surface area contributed by atoms with Crippen molar-refractivity contribution in [2.24, 2.45) is 0 Å². The smallest absolute Gasteiger partial charge is 0.410 e. The lowest BCUT2D eigenvalue weighted by atomic mass is 10.0. The number of rotatable bonds is 0. The summed E-state index contributed by atoms with van der Waals surface area (Å²) in [7, 11) is 0. The number of nitrogens with zero attached hydrogens (tertiary/aromatic N) is 3. The molecule has 1 amide bonds. The normalized spacial score (nSPS) is 18.9. The first kappa shape index (κ1) is 13.6. The molecule has 1 aromatic heterocycles. The Balaban J connectivity index is 2.21. The van der Waals surface area contributed by atoms with Gasteiger partial charge in [-0.3, -0.25) is 0 Å². The summed E-state index contributed by atoms with van der Waals surface area (Å²) in [6.07, 6.45) is 1.54. The highest BCUT2D eigenvalue weighted by atomic mass is 16.6. The topological polar surface area (TPSA) is 75.6 Å². The molecule has 2 rings (SSSR count). The molecule has 19 heavy (non-hydrogen) atoms. The van der Waals surface area contributed by atoms with Gasteiger partial charge >= 0.3 is 6.09 Å². The molecule has 0 saturated carbocycles. The molecule has 0 aliphatic carbocycles. The number of fused-ring (bicyclic) bond motifs is 1. The monoisotopic (exact) mass is 265 g/mol. The van der Waals surface area contributed by atoms with Gasteiger partial charge in [0.1, 0.15) is 11.9 Å². The van der Waals surface area contributed by atoms with Gasteiger partial charge in [0.25, 0.3) is 0 Å². The Morgan fingerprint density at radius 1 is 1.47 bits per heavy atom. The van der Waals surface area contributed by atoms with Crippen LogP contribution in [0, 0.1) is 0 Å². The first-order chi connectivity index (χ1) is 8.78. The fourth-order valence-corrected chi connectivity index (χ4v) is 2.06. The van der Waals surface area contributed by atoms with Crippen LogP contribution in [0.3, 0.4) is 0 Å². The Morgan fingerprint density at radius 3 is 2.79 bits per heavy atom. The summed E-state index contributed by atoms with van der Waals surface area (Å²) in [5.74, 6) is -0.0644. The summed E-state index contributed by atoms with van der Waals surface area (Å²) in [5, 5.41) is 9.74. The van der Waals surface area contributed by atoms with Gasteiger partial charge < -0.3 is 14.7 Å². The largest absolute Gasteiger partial charge is 0.493 e. The fourth-order valence-electron chi connectivity index (χ4n) is 2.06. The summed E-state index contributed by atoms with van der Waals surface area (Å²) in [5.41, 5.74) is 0.859. The van der Waals surface area contributed by atoms with Gasteiger partial charge in [-0.1, -0.05) is 0 Å². The molecule has 0 fully saturated rings. The van der Waals surface area contributed by atoms with Crippen LogP contribution in [0.2, 0.25) is 0 Å². The Labute approximate surface area is 112 Å². The van der Waals surface area contributed by atoms with Gasteiger partial charge in [0.05, 0.1) is 17.8 Å². The van der Waals surface area contributed by atoms with E-state index in [1.165, 1.54) is 6.33 Å². The van der Waals surface area contributed by atoms with Crippen LogP contribution in [0.25, 0.3) is 0 Å². The standard InChI is InChI=1S/C13H19N3O3/c1-8-5-10-9(11(17)15-7-14-10)6-16(8)12(18)19-13(2,3)4/h7-8H,5-6H2,1-4H3,(H,14,15,17)/t8-/m1/s1. The third-order valence-corrected chi connectivity index (χ3v) is 2.99. The number of aromatic hydroxyl groups is 1. The second-order valence-electron chi connectivity index (χ2n) is 5.78. The van der Waals surface area contributed by atoms with Crippen molar-refractivity contribution in [3.63, 3.8) is 0 Å². The van der Waals surface area contributed by atoms with Crippen molar-refractivity contribution in [1.29, 1.82) is 0 Å². The molecule has 6 nitrogen and oxygen atoms in total. The molecule has 1 aromatic rings. The van der Waals surface area contributed by atoms with E-state index in [0.29, 0.717) is 12.0 Å². The van der Waals surface area contributed by atoms with Gasteiger partial charge in [-0.25, -0.2) is 14.8 Å². The van der Waals surface area contributed by atoms with Crippen LogP contribution >= 0.6 is 0 Å². The van der Waals surface area contributed by atoms with Gasteiger partial charge in [0.2, 0.25) is 5.88 Å². The molecule has 0 saturated heterocycles. The molecular weight excluding hydrogens is 246 g/mol. The highest BCUT2D eigenvalue weighted by Crippen LogP contribution is 2.27. The van der Waals surface area contributed by atoms with Crippen LogP contribution in [0.15, 0.2) is 6.33 Å². The maximum absolute atomic E-state index is 12.1. The Kier molecular flexibility index (Phi) is 3.34. The van der Waals surface area contributed by atoms with E-state index in [4.69, 9.17) is 4.74 Å². The second-order valence-corrected chi connectivity index (χ2v) is 5.78. The summed E-state index contributed by atoms with van der Waals surface area (Å²) in [6, 6.07) is -0.0170. The number of amides is 1. The molecular formula is C13H19N3O3. The van der Waals surface area contributed by atoms with E-state index in [-0.39, 0.29) is 24.6 Å². The number of hydrogen-bond donors (Lipinski definition) is 1. The maximum Gasteiger partial charge on any atom is 0.410 e. The molecule has 0 radical (unpaired) electrons. The average molecular weight is 265 g/mol. The van der Waals surface area contributed by atoms with Crippen molar-refractivity contribution in [2.45, 2.75) is 52.3 Å². The highest BCUT2D eigenvalue weighted by molar-refractivity contribution is 5.69.